The van der Waals surface area contributed by atoms with E-state index in [1.54, 1.807) is 0 Å². The third kappa shape index (κ3) is 4.12. The van der Waals surface area contributed by atoms with E-state index in [1.165, 1.54) is 6.07 Å². The number of amides is 1. The number of carbonyl (C=O) groups excluding carboxylic acids is 2. The van der Waals surface area contributed by atoms with Gasteiger partial charge in [0.25, 0.3) is 5.91 Å². The number of halogens is 3. The summed E-state index contributed by atoms with van der Waals surface area (Å²) in [5.41, 5.74) is -1.77. The van der Waals surface area contributed by atoms with Crippen LogP contribution in [0, 0.1) is 5.92 Å². The van der Waals surface area contributed by atoms with E-state index >= 15 is 0 Å². The normalized spacial score (nSPS) is 19.6. The molecule has 1 aliphatic carbocycles. The molecule has 0 radical (unpaired) electrons. The monoisotopic (exact) mass is 343 g/mol. The van der Waals surface area contributed by atoms with Crippen LogP contribution >= 0.6 is 0 Å². The summed E-state index contributed by atoms with van der Waals surface area (Å²) in [5, 5.41) is 11.4. The van der Waals surface area contributed by atoms with Crippen LogP contribution in [0.25, 0.3) is 0 Å². The fourth-order valence-corrected chi connectivity index (χ4v) is 2.87. The Kier molecular flexibility index (Phi) is 5.26. The maximum atomic E-state index is 13.0. The molecule has 0 unspecified atom stereocenters. The molecule has 5 nitrogen and oxygen atoms in total. The first-order chi connectivity index (χ1) is 11.2. The van der Waals surface area contributed by atoms with Crippen LogP contribution in [0.1, 0.15) is 41.6 Å². The lowest BCUT2D eigenvalue weighted by Crippen LogP contribution is -2.47. The summed E-state index contributed by atoms with van der Waals surface area (Å²) in [5.74, 6) is -3.21. The molecule has 2 N–H and O–H groups in total. The molecular formula is C16H16F3NO4. The molecule has 8 heteroatoms. The SMILES string of the molecule is O=C1CCC[C@@H]([C@@H](NC(=O)c2ccccc2C(F)(F)F)C(=O)O)C1. The topological polar surface area (TPSA) is 83.5 Å². The van der Waals surface area contributed by atoms with Gasteiger partial charge in [0.05, 0.1) is 11.1 Å². The van der Waals surface area contributed by atoms with Crippen LogP contribution in [-0.4, -0.2) is 28.8 Å². The van der Waals surface area contributed by atoms with Crippen molar-refractivity contribution in [3.05, 3.63) is 35.4 Å². The molecule has 1 amide bonds. The summed E-state index contributed by atoms with van der Waals surface area (Å²) < 4.78 is 38.9. The van der Waals surface area contributed by atoms with E-state index in [4.69, 9.17) is 0 Å². The fraction of sp³-hybridized carbons (Fsp3) is 0.438. The van der Waals surface area contributed by atoms with Crippen LogP contribution in [-0.2, 0) is 15.8 Å². The Labute approximate surface area is 135 Å². The molecule has 24 heavy (non-hydrogen) atoms. The molecule has 1 fully saturated rings. The highest BCUT2D eigenvalue weighted by Crippen LogP contribution is 2.32. The predicted octanol–water partition coefficient (Wildman–Crippen LogP) is 2.65. The first-order valence-electron chi connectivity index (χ1n) is 7.41. The highest BCUT2D eigenvalue weighted by atomic mass is 19.4. The standard InChI is InChI=1S/C16H16F3NO4/c17-16(18,19)12-7-2-1-6-11(12)14(22)20-13(15(23)24)9-4-3-5-10(21)8-9/h1-2,6-7,9,13H,3-5,8H2,(H,20,22)(H,23,24)/t9-,13-/m1/s1. The Morgan fingerprint density at radius 3 is 2.50 bits per heavy atom. The molecule has 1 aliphatic rings. The van der Waals surface area contributed by atoms with Gasteiger partial charge in [-0.15, -0.1) is 0 Å². The molecule has 0 spiro atoms. The van der Waals surface area contributed by atoms with E-state index in [1.807, 2.05) is 0 Å². The minimum atomic E-state index is -4.73. The summed E-state index contributed by atoms with van der Waals surface area (Å²) in [6, 6.07) is 2.76. The van der Waals surface area contributed by atoms with Crippen LogP contribution in [0.15, 0.2) is 24.3 Å². The van der Waals surface area contributed by atoms with Gasteiger partial charge in [0, 0.05) is 12.8 Å². The van der Waals surface area contributed by atoms with E-state index in [0.717, 1.165) is 18.2 Å². The Morgan fingerprint density at radius 2 is 1.92 bits per heavy atom. The molecule has 2 rings (SSSR count). The zero-order valence-electron chi connectivity index (χ0n) is 12.6. The number of Topliss-reactive ketones (excluding diaryl/α,β-unsaturated/α-hetero) is 1. The minimum Gasteiger partial charge on any atom is -0.480 e. The van der Waals surface area contributed by atoms with Crippen molar-refractivity contribution in [2.75, 3.05) is 0 Å². The zero-order valence-corrected chi connectivity index (χ0v) is 12.6. The lowest BCUT2D eigenvalue weighted by molar-refractivity contribution is -0.141. The Balaban J connectivity index is 2.23. The van der Waals surface area contributed by atoms with Crippen molar-refractivity contribution in [2.24, 2.45) is 5.92 Å². The number of hydrogen-bond donors (Lipinski definition) is 2. The largest absolute Gasteiger partial charge is 0.480 e. The van der Waals surface area contributed by atoms with E-state index in [-0.39, 0.29) is 12.2 Å². The van der Waals surface area contributed by atoms with Gasteiger partial charge in [-0.3, -0.25) is 9.59 Å². The predicted molar refractivity (Wildman–Crippen MR) is 77.3 cm³/mol. The van der Waals surface area contributed by atoms with Gasteiger partial charge in [0.15, 0.2) is 0 Å². The molecule has 0 saturated heterocycles. The molecule has 2 atom stereocenters. The van der Waals surface area contributed by atoms with Gasteiger partial charge in [-0.25, -0.2) is 4.79 Å². The maximum absolute atomic E-state index is 13.0. The van der Waals surface area contributed by atoms with Crippen LogP contribution in [0.3, 0.4) is 0 Å². The van der Waals surface area contributed by atoms with E-state index in [0.29, 0.717) is 19.3 Å². The van der Waals surface area contributed by atoms with Gasteiger partial charge in [-0.2, -0.15) is 13.2 Å². The van der Waals surface area contributed by atoms with Crippen molar-refractivity contribution in [3.8, 4) is 0 Å². The second kappa shape index (κ2) is 7.02. The molecule has 1 aromatic carbocycles. The number of nitrogens with one attached hydrogen (secondary N) is 1. The number of carboxylic acids is 1. The number of rotatable bonds is 4. The van der Waals surface area contributed by atoms with Gasteiger partial charge in [-0.1, -0.05) is 12.1 Å². The highest BCUT2D eigenvalue weighted by Gasteiger charge is 2.37. The quantitative estimate of drug-likeness (QED) is 0.880. The first kappa shape index (κ1) is 18.0. The number of carbonyl (C=O) groups is 3. The number of hydrogen-bond acceptors (Lipinski definition) is 3. The first-order valence-corrected chi connectivity index (χ1v) is 7.41. The third-order valence-corrected chi connectivity index (χ3v) is 4.02. The molecule has 0 heterocycles. The van der Waals surface area contributed by atoms with E-state index in [9.17, 15) is 32.7 Å². The Bertz CT molecular complexity index is 657. The summed E-state index contributed by atoms with van der Waals surface area (Å²) in [7, 11) is 0. The lowest BCUT2D eigenvalue weighted by atomic mass is 9.83. The summed E-state index contributed by atoms with van der Waals surface area (Å²) in [6.07, 6.45) is -3.45. The van der Waals surface area contributed by atoms with Crippen LogP contribution in [0.5, 0.6) is 0 Å². The number of benzene rings is 1. The van der Waals surface area contributed by atoms with Crippen molar-refractivity contribution in [1.82, 2.24) is 5.32 Å². The van der Waals surface area contributed by atoms with E-state index < -0.39 is 41.1 Å². The second-order valence-corrected chi connectivity index (χ2v) is 5.73. The molecule has 130 valence electrons. The van der Waals surface area contributed by atoms with Crippen molar-refractivity contribution in [3.63, 3.8) is 0 Å². The molecule has 1 aromatic rings. The fourth-order valence-electron chi connectivity index (χ4n) is 2.87. The molecular weight excluding hydrogens is 327 g/mol. The average Bonchev–Trinajstić information content (AvgIpc) is 2.51. The number of alkyl halides is 3. The van der Waals surface area contributed by atoms with Gasteiger partial charge in [0.1, 0.15) is 11.8 Å². The van der Waals surface area contributed by atoms with Gasteiger partial charge >= 0.3 is 12.1 Å². The summed E-state index contributed by atoms with van der Waals surface area (Å²) >= 11 is 0. The number of aliphatic carboxylic acids is 1. The van der Waals surface area contributed by atoms with Crippen LogP contribution in [0.4, 0.5) is 13.2 Å². The molecule has 0 aliphatic heterocycles. The molecule has 0 bridgehead atoms. The van der Waals surface area contributed by atoms with Gasteiger partial charge in [0.2, 0.25) is 0 Å². The average molecular weight is 343 g/mol. The van der Waals surface area contributed by atoms with Crippen LogP contribution < -0.4 is 5.32 Å². The molecule has 0 aromatic heterocycles. The second-order valence-electron chi connectivity index (χ2n) is 5.73. The van der Waals surface area contributed by atoms with E-state index in [2.05, 4.69) is 5.32 Å². The number of carboxylic acid groups (broad SMARTS) is 1. The number of ketones is 1. The van der Waals surface area contributed by atoms with Crippen molar-refractivity contribution in [1.29, 1.82) is 0 Å². The van der Waals surface area contributed by atoms with Crippen molar-refractivity contribution >= 4 is 17.7 Å². The van der Waals surface area contributed by atoms with Gasteiger partial charge < -0.3 is 10.4 Å². The van der Waals surface area contributed by atoms with Crippen molar-refractivity contribution < 1.29 is 32.7 Å². The molecule has 1 saturated carbocycles. The Hall–Kier alpha value is -2.38. The minimum absolute atomic E-state index is 0.00182. The third-order valence-electron chi connectivity index (χ3n) is 4.02. The maximum Gasteiger partial charge on any atom is 0.417 e. The highest BCUT2D eigenvalue weighted by molar-refractivity contribution is 5.98. The summed E-state index contributed by atoms with van der Waals surface area (Å²) in [4.78, 5) is 35.1. The lowest BCUT2D eigenvalue weighted by Gasteiger charge is -2.27. The van der Waals surface area contributed by atoms with Crippen molar-refractivity contribution in [2.45, 2.75) is 37.9 Å². The summed E-state index contributed by atoms with van der Waals surface area (Å²) in [6.45, 7) is 0. The Morgan fingerprint density at radius 1 is 1.25 bits per heavy atom. The smallest absolute Gasteiger partial charge is 0.417 e. The van der Waals surface area contributed by atoms with Gasteiger partial charge in [-0.05, 0) is 30.9 Å². The van der Waals surface area contributed by atoms with Crippen LogP contribution in [0.2, 0.25) is 0 Å². The zero-order chi connectivity index (χ0) is 17.9.